The molecule has 0 amide bonds. The van der Waals surface area contributed by atoms with Crippen molar-refractivity contribution >= 4 is 29.9 Å². The summed E-state index contributed by atoms with van der Waals surface area (Å²) in [6.07, 6.45) is 1.98. The molecule has 2 rings (SSSR count). The van der Waals surface area contributed by atoms with Crippen molar-refractivity contribution in [3.63, 3.8) is 0 Å². The summed E-state index contributed by atoms with van der Waals surface area (Å²) in [5.74, 6) is 1.17. The molecular formula is C18H25F2IN4O2. The van der Waals surface area contributed by atoms with Crippen molar-refractivity contribution in [1.29, 1.82) is 0 Å². The number of methoxy groups -OCH3 is 1. The fourth-order valence-electron chi connectivity index (χ4n) is 2.55. The molecule has 1 N–H and O–H groups in total. The van der Waals surface area contributed by atoms with E-state index in [0.29, 0.717) is 23.8 Å². The largest absolute Gasteiger partial charge is 0.497 e. The van der Waals surface area contributed by atoms with Gasteiger partial charge in [-0.3, -0.25) is 4.99 Å². The topological polar surface area (TPSA) is 51.0 Å². The van der Waals surface area contributed by atoms with Crippen LogP contribution in [0.3, 0.4) is 0 Å². The van der Waals surface area contributed by atoms with Gasteiger partial charge in [0.25, 0.3) is 0 Å². The highest BCUT2D eigenvalue weighted by Gasteiger charge is 2.13. The Morgan fingerprint density at radius 2 is 2.07 bits per heavy atom. The molecule has 2 aromatic rings. The van der Waals surface area contributed by atoms with Crippen LogP contribution in [-0.2, 0) is 20.1 Å². The fourth-order valence-corrected chi connectivity index (χ4v) is 2.55. The molecule has 9 heteroatoms. The summed E-state index contributed by atoms with van der Waals surface area (Å²) >= 11 is 0. The Balaban J connectivity index is 0.00000364. The highest BCUT2D eigenvalue weighted by Crippen LogP contribution is 2.26. The second-order valence-corrected chi connectivity index (χ2v) is 5.72. The molecule has 1 aromatic carbocycles. The number of hydrogen-bond donors (Lipinski definition) is 1. The zero-order chi connectivity index (χ0) is 19.1. The lowest BCUT2D eigenvalue weighted by atomic mass is 10.2. The zero-order valence-electron chi connectivity index (χ0n) is 15.8. The number of benzene rings is 1. The van der Waals surface area contributed by atoms with E-state index in [1.165, 1.54) is 13.2 Å². The molecule has 0 aliphatic carbocycles. The third-order valence-electron chi connectivity index (χ3n) is 3.95. The average molecular weight is 494 g/mol. The van der Waals surface area contributed by atoms with Gasteiger partial charge in [0, 0.05) is 51.2 Å². The zero-order valence-corrected chi connectivity index (χ0v) is 18.1. The molecule has 0 radical (unpaired) electrons. The molecule has 0 saturated heterocycles. The minimum Gasteiger partial charge on any atom is -0.497 e. The normalized spacial score (nSPS) is 11.1. The van der Waals surface area contributed by atoms with Crippen LogP contribution in [0.4, 0.5) is 8.78 Å². The van der Waals surface area contributed by atoms with Crippen molar-refractivity contribution < 1.29 is 18.3 Å². The van der Waals surface area contributed by atoms with Crippen molar-refractivity contribution in [3.05, 3.63) is 47.8 Å². The first kappa shape index (κ1) is 23.0. The second-order valence-electron chi connectivity index (χ2n) is 5.72. The Morgan fingerprint density at radius 3 is 2.63 bits per heavy atom. The van der Waals surface area contributed by atoms with Gasteiger partial charge in [0.15, 0.2) is 5.96 Å². The number of nitrogens with zero attached hydrogens (tertiary/aromatic N) is 3. The molecular weight excluding hydrogens is 469 g/mol. The third-order valence-corrected chi connectivity index (χ3v) is 3.95. The fraction of sp³-hybridized carbons (Fsp3) is 0.389. The van der Waals surface area contributed by atoms with Crippen molar-refractivity contribution in [3.8, 4) is 11.5 Å². The van der Waals surface area contributed by atoms with Crippen LogP contribution in [0.15, 0.2) is 41.5 Å². The molecule has 27 heavy (non-hydrogen) atoms. The van der Waals surface area contributed by atoms with Crippen LogP contribution in [0.2, 0.25) is 0 Å². The molecule has 150 valence electrons. The van der Waals surface area contributed by atoms with Crippen molar-refractivity contribution in [2.75, 3.05) is 21.2 Å². The summed E-state index contributed by atoms with van der Waals surface area (Å²) in [5.41, 5.74) is 1.71. The van der Waals surface area contributed by atoms with Gasteiger partial charge < -0.3 is 24.3 Å². The molecule has 0 unspecified atom stereocenters. The minimum atomic E-state index is -2.90. The van der Waals surface area contributed by atoms with E-state index < -0.39 is 6.61 Å². The third kappa shape index (κ3) is 6.56. The van der Waals surface area contributed by atoms with Crippen molar-refractivity contribution in [2.45, 2.75) is 19.7 Å². The summed E-state index contributed by atoms with van der Waals surface area (Å²) in [6, 6.07) is 8.84. The monoisotopic (exact) mass is 494 g/mol. The van der Waals surface area contributed by atoms with Gasteiger partial charge in [0.05, 0.1) is 13.7 Å². The van der Waals surface area contributed by atoms with Gasteiger partial charge in [-0.2, -0.15) is 8.78 Å². The maximum absolute atomic E-state index is 12.7. The number of rotatable bonds is 7. The van der Waals surface area contributed by atoms with Gasteiger partial charge in [-0.1, -0.05) is 0 Å². The maximum Gasteiger partial charge on any atom is 0.387 e. The van der Waals surface area contributed by atoms with Crippen LogP contribution in [-0.4, -0.2) is 43.2 Å². The number of alkyl halides is 2. The van der Waals surface area contributed by atoms with E-state index in [1.807, 2.05) is 41.9 Å². The van der Waals surface area contributed by atoms with Gasteiger partial charge in [-0.05, 0) is 24.3 Å². The van der Waals surface area contributed by atoms with Gasteiger partial charge in [-0.15, -0.1) is 24.0 Å². The van der Waals surface area contributed by atoms with Crippen LogP contribution in [0.1, 0.15) is 11.3 Å². The van der Waals surface area contributed by atoms with Crippen LogP contribution in [0.25, 0.3) is 0 Å². The maximum atomic E-state index is 12.7. The molecule has 0 aliphatic heterocycles. The van der Waals surface area contributed by atoms with E-state index in [1.54, 1.807) is 19.2 Å². The van der Waals surface area contributed by atoms with E-state index in [2.05, 4.69) is 15.0 Å². The summed E-state index contributed by atoms with van der Waals surface area (Å²) in [4.78, 5) is 6.20. The summed E-state index contributed by atoms with van der Waals surface area (Å²) < 4.78 is 37.0. The van der Waals surface area contributed by atoms with E-state index in [0.717, 1.165) is 5.69 Å². The molecule has 0 spiro atoms. The van der Waals surface area contributed by atoms with E-state index in [-0.39, 0.29) is 36.3 Å². The Labute approximate surface area is 175 Å². The van der Waals surface area contributed by atoms with E-state index in [4.69, 9.17) is 4.74 Å². The van der Waals surface area contributed by atoms with Crippen molar-refractivity contribution in [2.24, 2.45) is 12.0 Å². The number of ether oxygens (including phenoxy) is 2. The predicted molar refractivity (Wildman–Crippen MR) is 112 cm³/mol. The smallest absolute Gasteiger partial charge is 0.387 e. The van der Waals surface area contributed by atoms with Crippen molar-refractivity contribution in [1.82, 2.24) is 14.8 Å². The SMILES string of the molecule is CN=C(NCc1ccc(OC)cc1OC(F)F)N(C)Cc1cccn1C.I. The summed E-state index contributed by atoms with van der Waals surface area (Å²) in [7, 11) is 7.03. The first-order chi connectivity index (χ1) is 12.4. The van der Waals surface area contributed by atoms with Crippen LogP contribution >= 0.6 is 24.0 Å². The number of guanidine groups is 1. The van der Waals surface area contributed by atoms with Crippen LogP contribution < -0.4 is 14.8 Å². The highest BCUT2D eigenvalue weighted by atomic mass is 127. The van der Waals surface area contributed by atoms with Gasteiger partial charge in [-0.25, -0.2) is 0 Å². The van der Waals surface area contributed by atoms with Gasteiger partial charge in [0.1, 0.15) is 11.5 Å². The Hall–Kier alpha value is -2.04. The summed E-state index contributed by atoms with van der Waals surface area (Å²) in [5, 5.41) is 3.17. The first-order valence-corrected chi connectivity index (χ1v) is 8.08. The van der Waals surface area contributed by atoms with Gasteiger partial charge >= 0.3 is 6.61 Å². The molecule has 0 atom stereocenters. The molecule has 0 aliphatic rings. The first-order valence-electron chi connectivity index (χ1n) is 8.08. The van der Waals surface area contributed by atoms with Crippen LogP contribution in [0.5, 0.6) is 11.5 Å². The lowest BCUT2D eigenvalue weighted by molar-refractivity contribution is -0.0505. The minimum absolute atomic E-state index is 0. The van der Waals surface area contributed by atoms with E-state index >= 15 is 0 Å². The quantitative estimate of drug-likeness (QED) is 0.364. The Kier molecular flexibility index (Phi) is 9.33. The number of aromatic nitrogens is 1. The van der Waals surface area contributed by atoms with Gasteiger partial charge in [0.2, 0.25) is 0 Å². The molecule has 0 saturated carbocycles. The Morgan fingerprint density at radius 1 is 1.33 bits per heavy atom. The molecule has 6 nitrogen and oxygen atoms in total. The number of nitrogens with one attached hydrogen (secondary N) is 1. The number of halogens is 3. The standard InChI is InChI=1S/C18H24F2N4O2.HI/c1-21-18(24(3)12-14-6-5-9-23(14)2)22-11-13-7-8-15(25-4)10-16(13)26-17(19)20;/h5-10,17H,11-12H2,1-4H3,(H,21,22);1H. The van der Waals surface area contributed by atoms with Crippen LogP contribution in [0, 0.1) is 0 Å². The highest BCUT2D eigenvalue weighted by molar-refractivity contribution is 14.0. The average Bonchev–Trinajstić information content (AvgIpc) is 3.00. The lowest BCUT2D eigenvalue weighted by Gasteiger charge is -2.23. The number of hydrogen-bond acceptors (Lipinski definition) is 3. The second kappa shape index (κ2) is 11.0. The molecule has 1 heterocycles. The molecule has 0 fully saturated rings. The Bertz CT molecular complexity index is 753. The molecule has 0 bridgehead atoms. The summed E-state index contributed by atoms with van der Waals surface area (Å²) in [6.45, 7) is -1.96. The molecule has 1 aromatic heterocycles. The lowest BCUT2D eigenvalue weighted by Crippen LogP contribution is -2.38. The van der Waals surface area contributed by atoms with E-state index in [9.17, 15) is 8.78 Å². The number of aryl methyl sites for hydroxylation is 1. The number of aliphatic imine (C=N–C) groups is 1. The predicted octanol–water partition coefficient (Wildman–Crippen LogP) is 3.46.